The van der Waals surface area contributed by atoms with E-state index in [0.29, 0.717) is 75.8 Å². The SMILES string of the molecule is COc1cc(-c2nccc(-c3cccc(-c4ccc(CNC[C@@H]5CCC(=O)N5)c(OC)n4)c3Cl)c2Cl)ccc1CN[C@H](C)C(=O)O. The number of carbonyl (C=O) groups excluding carboxylic acids is 1. The van der Waals surface area contributed by atoms with Gasteiger partial charge in [0.1, 0.15) is 11.8 Å². The van der Waals surface area contributed by atoms with Gasteiger partial charge in [-0.3, -0.25) is 14.6 Å². The molecule has 5 rings (SSSR count). The summed E-state index contributed by atoms with van der Waals surface area (Å²) >= 11 is 14.0. The lowest BCUT2D eigenvalue weighted by atomic mass is 9.99. The Balaban J connectivity index is 1.39. The van der Waals surface area contributed by atoms with Gasteiger partial charge in [-0.25, -0.2) is 4.98 Å². The molecular formula is C34H35Cl2N5O5. The van der Waals surface area contributed by atoms with Crippen molar-refractivity contribution in [1.82, 2.24) is 25.9 Å². The van der Waals surface area contributed by atoms with Crippen LogP contribution in [-0.2, 0) is 22.7 Å². The van der Waals surface area contributed by atoms with Crippen LogP contribution in [0.5, 0.6) is 11.6 Å². The molecule has 0 spiro atoms. The van der Waals surface area contributed by atoms with Crippen LogP contribution in [0, 0.1) is 0 Å². The van der Waals surface area contributed by atoms with E-state index in [9.17, 15) is 14.7 Å². The second kappa shape index (κ2) is 14.9. The molecule has 0 saturated carbocycles. The van der Waals surface area contributed by atoms with Crippen LogP contribution < -0.4 is 25.4 Å². The molecule has 1 aliphatic heterocycles. The number of benzene rings is 2. The molecule has 2 aromatic heterocycles. The normalized spacial score (nSPS) is 15.0. The topological polar surface area (TPSA) is 135 Å². The minimum Gasteiger partial charge on any atom is -0.496 e. The van der Waals surface area contributed by atoms with Crippen LogP contribution in [0.15, 0.2) is 60.8 Å². The number of carboxylic acids is 1. The highest BCUT2D eigenvalue weighted by atomic mass is 35.5. The first-order valence-electron chi connectivity index (χ1n) is 14.8. The van der Waals surface area contributed by atoms with Crippen molar-refractivity contribution >= 4 is 35.1 Å². The highest BCUT2D eigenvalue weighted by molar-refractivity contribution is 6.39. The number of hydrogen-bond donors (Lipinski definition) is 4. The van der Waals surface area contributed by atoms with E-state index in [2.05, 4.69) is 20.9 Å². The number of halogens is 2. The fourth-order valence-corrected chi connectivity index (χ4v) is 5.97. The summed E-state index contributed by atoms with van der Waals surface area (Å²) in [5, 5.41) is 19.4. The molecule has 2 atom stereocenters. The van der Waals surface area contributed by atoms with E-state index in [0.717, 1.165) is 23.1 Å². The van der Waals surface area contributed by atoms with Crippen molar-refractivity contribution in [2.45, 2.75) is 44.9 Å². The average molecular weight is 665 g/mol. The fraction of sp³-hybridized carbons (Fsp3) is 0.294. The van der Waals surface area contributed by atoms with Crippen molar-refractivity contribution in [3.05, 3.63) is 82.0 Å². The van der Waals surface area contributed by atoms with Crippen LogP contribution >= 0.6 is 23.2 Å². The number of aromatic nitrogens is 2. The van der Waals surface area contributed by atoms with Crippen molar-refractivity contribution in [2.75, 3.05) is 20.8 Å². The van der Waals surface area contributed by atoms with Crippen molar-refractivity contribution < 1.29 is 24.2 Å². The summed E-state index contributed by atoms with van der Waals surface area (Å²) in [4.78, 5) is 32.0. The van der Waals surface area contributed by atoms with Crippen molar-refractivity contribution in [3.8, 4) is 45.3 Å². The van der Waals surface area contributed by atoms with Gasteiger partial charge in [0, 0.05) is 71.7 Å². The van der Waals surface area contributed by atoms with Crippen molar-refractivity contribution in [1.29, 1.82) is 0 Å². The van der Waals surface area contributed by atoms with Gasteiger partial charge in [0.15, 0.2) is 0 Å². The zero-order chi connectivity index (χ0) is 32.8. The largest absolute Gasteiger partial charge is 0.496 e. The first-order valence-corrected chi connectivity index (χ1v) is 15.6. The Kier molecular flexibility index (Phi) is 10.7. The summed E-state index contributed by atoms with van der Waals surface area (Å²) in [5.74, 6) is 0.219. The fourth-order valence-electron chi connectivity index (χ4n) is 5.32. The molecule has 12 heteroatoms. The Morgan fingerprint density at radius 3 is 2.50 bits per heavy atom. The number of nitrogens with zero attached hydrogens (tertiary/aromatic N) is 2. The van der Waals surface area contributed by atoms with Crippen LogP contribution in [0.4, 0.5) is 0 Å². The number of carbonyl (C=O) groups is 2. The van der Waals surface area contributed by atoms with Gasteiger partial charge >= 0.3 is 5.97 Å². The molecule has 4 N–H and O–H groups in total. The smallest absolute Gasteiger partial charge is 0.320 e. The highest BCUT2D eigenvalue weighted by Crippen LogP contribution is 2.42. The molecule has 0 radical (unpaired) electrons. The summed E-state index contributed by atoms with van der Waals surface area (Å²) in [7, 11) is 3.14. The number of methoxy groups -OCH3 is 2. The van der Waals surface area contributed by atoms with Crippen LogP contribution in [0.1, 0.15) is 30.9 Å². The van der Waals surface area contributed by atoms with Gasteiger partial charge < -0.3 is 30.5 Å². The lowest BCUT2D eigenvalue weighted by Crippen LogP contribution is -2.35. The highest BCUT2D eigenvalue weighted by Gasteiger charge is 2.21. The van der Waals surface area contributed by atoms with Gasteiger partial charge in [-0.15, -0.1) is 0 Å². The molecule has 240 valence electrons. The molecule has 0 aliphatic carbocycles. The molecule has 4 aromatic rings. The molecule has 10 nitrogen and oxygen atoms in total. The third-order valence-corrected chi connectivity index (χ3v) is 8.70. The second-order valence-electron chi connectivity index (χ2n) is 11.0. The number of aliphatic carboxylic acids is 1. The Morgan fingerprint density at radius 2 is 1.78 bits per heavy atom. The zero-order valence-electron chi connectivity index (χ0n) is 25.7. The van der Waals surface area contributed by atoms with E-state index in [1.165, 1.54) is 0 Å². The van der Waals surface area contributed by atoms with E-state index in [1.807, 2.05) is 54.6 Å². The number of rotatable bonds is 13. The Labute approximate surface area is 277 Å². The standard InChI is InChI=1S/C34H35Cl2N5O5/c1-19(34(43)44)39-17-21-8-7-20(15-28(21)45-2)32-31(36)25(13-14-38-32)24-5-4-6-26(30(24)35)27-11-9-22(33(41-27)46-3)16-37-18-23-10-12-29(42)40-23/h4-9,11,13-15,19,23,37,39H,10,12,16-18H2,1-3H3,(H,40,42)(H,43,44)/t19-,23+/m1/s1. The molecule has 1 saturated heterocycles. The molecule has 1 amide bonds. The van der Waals surface area contributed by atoms with Crippen molar-refractivity contribution in [3.63, 3.8) is 0 Å². The predicted octanol–water partition coefficient (Wildman–Crippen LogP) is 5.73. The van der Waals surface area contributed by atoms with Gasteiger partial charge in [0.2, 0.25) is 11.8 Å². The van der Waals surface area contributed by atoms with Gasteiger partial charge in [-0.2, -0.15) is 0 Å². The first kappa shape index (κ1) is 33.2. The number of amides is 1. The summed E-state index contributed by atoms with van der Waals surface area (Å²) in [5.41, 5.74) is 5.75. The maximum Gasteiger partial charge on any atom is 0.320 e. The summed E-state index contributed by atoms with van der Waals surface area (Å²) in [6.45, 7) is 3.10. The Bertz CT molecular complexity index is 1750. The summed E-state index contributed by atoms with van der Waals surface area (Å²) in [6.07, 6.45) is 3.07. The number of pyridine rings is 2. The molecule has 46 heavy (non-hydrogen) atoms. The molecule has 2 aromatic carbocycles. The van der Waals surface area contributed by atoms with E-state index in [-0.39, 0.29) is 11.9 Å². The quantitative estimate of drug-likeness (QED) is 0.141. The van der Waals surface area contributed by atoms with E-state index < -0.39 is 12.0 Å². The third kappa shape index (κ3) is 7.42. The summed E-state index contributed by atoms with van der Waals surface area (Å²) in [6, 6.07) is 16.3. The molecule has 0 unspecified atom stereocenters. The van der Waals surface area contributed by atoms with Gasteiger partial charge in [-0.05, 0) is 31.5 Å². The summed E-state index contributed by atoms with van der Waals surface area (Å²) < 4.78 is 11.2. The number of carboxylic acid groups (broad SMARTS) is 1. The van der Waals surface area contributed by atoms with Gasteiger partial charge in [-0.1, -0.05) is 59.6 Å². The average Bonchev–Trinajstić information content (AvgIpc) is 3.48. The minimum absolute atomic E-state index is 0.0897. The van der Waals surface area contributed by atoms with E-state index >= 15 is 0 Å². The lowest BCUT2D eigenvalue weighted by Gasteiger charge is -2.16. The van der Waals surface area contributed by atoms with Gasteiger partial charge in [0.05, 0.1) is 35.7 Å². The van der Waals surface area contributed by atoms with Crippen LogP contribution in [0.3, 0.4) is 0 Å². The van der Waals surface area contributed by atoms with Gasteiger partial charge in [0.25, 0.3) is 0 Å². The second-order valence-corrected chi connectivity index (χ2v) is 11.7. The number of nitrogens with one attached hydrogen (secondary N) is 3. The zero-order valence-corrected chi connectivity index (χ0v) is 27.2. The molecule has 1 fully saturated rings. The number of hydrogen-bond acceptors (Lipinski definition) is 8. The molecular weight excluding hydrogens is 629 g/mol. The maximum atomic E-state index is 11.5. The lowest BCUT2D eigenvalue weighted by molar-refractivity contribution is -0.139. The molecule has 0 bridgehead atoms. The monoisotopic (exact) mass is 663 g/mol. The minimum atomic E-state index is -0.932. The first-order chi connectivity index (χ1) is 22.2. The maximum absolute atomic E-state index is 11.5. The van der Waals surface area contributed by atoms with Crippen LogP contribution in [-0.4, -0.2) is 59.8 Å². The Morgan fingerprint density at radius 1 is 1.02 bits per heavy atom. The molecule has 3 heterocycles. The van der Waals surface area contributed by atoms with Crippen LogP contribution in [0.2, 0.25) is 10.0 Å². The van der Waals surface area contributed by atoms with E-state index in [4.69, 9.17) is 37.7 Å². The predicted molar refractivity (Wildman–Crippen MR) is 178 cm³/mol. The Hall–Kier alpha value is -4.22. The molecule has 1 aliphatic rings. The van der Waals surface area contributed by atoms with E-state index in [1.54, 1.807) is 27.3 Å². The number of ether oxygens (including phenoxy) is 2. The van der Waals surface area contributed by atoms with Crippen molar-refractivity contribution in [2.24, 2.45) is 0 Å². The third-order valence-electron chi connectivity index (χ3n) is 7.91. The van der Waals surface area contributed by atoms with Crippen LogP contribution in [0.25, 0.3) is 33.6 Å².